The van der Waals surface area contributed by atoms with Crippen LogP contribution in [0.1, 0.15) is 27.2 Å². The first-order valence-electron chi connectivity index (χ1n) is 5.97. The van der Waals surface area contributed by atoms with Crippen LogP contribution in [0.5, 0.6) is 0 Å². The van der Waals surface area contributed by atoms with E-state index >= 15 is 0 Å². The Morgan fingerprint density at radius 3 is 2.12 bits per heavy atom. The van der Waals surface area contributed by atoms with Gasteiger partial charge in [0.15, 0.2) is 5.79 Å². The molecule has 0 aromatic carbocycles. The van der Waals surface area contributed by atoms with Crippen molar-refractivity contribution in [2.75, 3.05) is 33.9 Å². The van der Waals surface area contributed by atoms with Crippen molar-refractivity contribution in [1.29, 1.82) is 0 Å². The van der Waals surface area contributed by atoms with Gasteiger partial charge in [0.25, 0.3) is 0 Å². The summed E-state index contributed by atoms with van der Waals surface area (Å²) in [6.07, 6.45) is 1.10. The molecule has 2 N–H and O–H groups in total. The molecule has 0 spiro atoms. The Bertz CT molecular complexity index is 221. The van der Waals surface area contributed by atoms with Gasteiger partial charge in [-0.15, -0.1) is 0 Å². The Morgan fingerprint density at radius 1 is 1.31 bits per heavy atom. The second kappa shape index (κ2) is 5.00. The van der Waals surface area contributed by atoms with E-state index in [9.17, 15) is 0 Å². The molecule has 96 valence electrons. The van der Waals surface area contributed by atoms with Crippen molar-refractivity contribution in [3.8, 4) is 0 Å². The first-order valence-corrected chi connectivity index (χ1v) is 5.97. The number of likely N-dealkylation sites (tertiary alicyclic amines) is 1. The molecular weight excluding hydrogens is 204 g/mol. The zero-order chi connectivity index (χ0) is 12.4. The molecule has 0 aromatic rings. The molecule has 4 nitrogen and oxygen atoms in total. The van der Waals surface area contributed by atoms with Crippen LogP contribution in [0.2, 0.25) is 0 Å². The lowest BCUT2D eigenvalue weighted by atomic mass is 9.85. The van der Waals surface area contributed by atoms with Gasteiger partial charge >= 0.3 is 0 Å². The number of hydrogen-bond acceptors (Lipinski definition) is 4. The summed E-state index contributed by atoms with van der Waals surface area (Å²) in [6.45, 7) is 8.97. The Balaban J connectivity index is 2.59. The third-order valence-electron chi connectivity index (χ3n) is 3.66. The molecule has 1 atom stereocenters. The van der Waals surface area contributed by atoms with Crippen LogP contribution >= 0.6 is 0 Å². The van der Waals surface area contributed by atoms with Crippen molar-refractivity contribution < 1.29 is 9.47 Å². The number of ether oxygens (including phenoxy) is 2. The number of methoxy groups -OCH3 is 2. The Hall–Kier alpha value is -0.160. The molecule has 0 aromatic heterocycles. The van der Waals surface area contributed by atoms with Gasteiger partial charge in [0.2, 0.25) is 0 Å². The monoisotopic (exact) mass is 230 g/mol. The molecule has 0 amide bonds. The maximum atomic E-state index is 5.91. The van der Waals surface area contributed by atoms with Gasteiger partial charge in [-0.1, -0.05) is 13.8 Å². The summed E-state index contributed by atoms with van der Waals surface area (Å²) in [5, 5.41) is 0. The van der Waals surface area contributed by atoms with Crippen LogP contribution in [-0.2, 0) is 9.47 Å². The summed E-state index contributed by atoms with van der Waals surface area (Å²) in [5.41, 5.74) is 5.98. The molecule has 0 aliphatic carbocycles. The Kier molecular flexibility index (Phi) is 4.35. The minimum absolute atomic E-state index is 0.0642. The van der Waals surface area contributed by atoms with Crippen molar-refractivity contribution in [1.82, 2.24) is 4.90 Å². The molecule has 1 saturated heterocycles. The molecule has 1 rings (SSSR count). The molecule has 1 fully saturated rings. The predicted molar refractivity (Wildman–Crippen MR) is 65.2 cm³/mol. The number of hydrogen-bond donors (Lipinski definition) is 1. The molecule has 1 aliphatic rings. The first-order chi connectivity index (χ1) is 7.41. The standard InChI is InChI=1S/C12H26N2O2/c1-10(2)6-11(3,7-13)14-8-12(9-14,15-4)16-5/h10H,6-9,13H2,1-5H3. The van der Waals surface area contributed by atoms with Gasteiger partial charge in [0.1, 0.15) is 0 Å². The molecule has 1 heterocycles. The van der Waals surface area contributed by atoms with E-state index in [1.54, 1.807) is 14.2 Å². The topological polar surface area (TPSA) is 47.7 Å². The minimum Gasteiger partial charge on any atom is -0.351 e. The van der Waals surface area contributed by atoms with Crippen LogP contribution < -0.4 is 5.73 Å². The van der Waals surface area contributed by atoms with Crippen LogP contribution in [0.4, 0.5) is 0 Å². The van der Waals surface area contributed by atoms with E-state index in [0.717, 1.165) is 19.5 Å². The Morgan fingerprint density at radius 2 is 1.81 bits per heavy atom. The maximum Gasteiger partial charge on any atom is 0.193 e. The fourth-order valence-corrected chi connectivity index (χ4v) is 2.48. The summed E-state index contributed by atoms with van der Waals surface area (Å²) >= 11 is 0. The fourth-order valence-electron chi connectivity index (χ4n) is 2.48. The smallest absolute Gasteiger partial charge is 0.193 e. The summed E-state index contributed by atoms with van der Waals surface area (Å²) in [6, 6.07) is 0. The molecule has 1 unspecified atom stereocenters. The summed E-state index contributed by atoms with van der Waals surface area (Å²) in [5.74, 6) is 0.238. The van der Waals surface area contributed by atoms with Crippen molar-refractivity contribution in [3.05, 3.63) is 0 Å². The molecule has 4 heteroatoms. The van der Waals surface area contributed by atoms with E-state index in [1.807, 2.05) is 0 Å². The van der Waals surface area contributed by atoms with E-state index in [-0.39, 0.29) is 5.54 Å². The highest BCUT2D eigenvalue weighted by molar-refractivity contribution is 5.00. The number of nitrogens with zero attached hydrogens (tertiary/aromatic N) is 1. The zero-order valence-corrected chi connectivity index (χ0v) is 11.2. The Labute approximate surface area is 99.1 Å². The average Bonchev–Trinajstić information content (AvgIpc) is 2.16. The highest BCUT2D eigenvalue weighted by Crippen LogP contribution is 2.34. The molecule has 1 aliphatic heterocycles. The number of rotatable bonds is 6. The summed E-state index contributed by atoms with van der Waals surface area (Å²) in [7, 11) is 3.39. The van der Waals surface area contributed by atoms with E-state index in [2.05, 4.69) is 25.7 Å². The maximum absolute atomic E-state index is 5.91. The van der Waals surface area contributed by atoms with Crippen LogP contribution in [0, 0.1) is 5.92 Å². The van der Waals surface area contributed by atoms with Crippen LogP contribution in [0.3, 0.4) is 0 Å². The molecule has 16 heavy (non-hydrogen) atoms. The second-order valence-corrected chi connectivity index (χ2v) is 5.47. The SMILES string of the molecule is COC1(OC)CN(C(C)(CN)CC(C)C)C1. The normalized spacial score (nSPS) is 24.2. The van der Waals surface area contributed by atoms with Crippen molar-refractivity contribution in [2.45, 2.75) is 38.5 Å². The van der Waals surface area contributed by atoms with Crippen LogP contribution in [-0.4, -0.2) is 50.1 Å². The highest BCUT2D eigenvalue weighted by atomic mass is 16.7. The van der Waals surface area contributed by atoms with Gasteiger partial charge in [0, 0.05) is 26.3 Å². The minimum atomic E-state index is -0.409. The number of nitrogens with two attached hydrogens (primary N) is 1. The van der Waals surface area contributed by atoms with E-state index in [0.29, 0.717) is 12.5 Å². The van der Waals surface area contributed by atoms with Gasteiger partial charge in [-0.05, 0) is 19.3 Å². The van der Waals surface area contributed by atoms with Crippen molar-refractivity contribution in [2.24, 2.45) is 11.7 Å². The zero-order valence-electron chi connectivity index (χ0n) is 11.2. The van der Waals surface area contributed by atoms with Gasteiger partial charge in [-0.25, -0.2) is 0 Å². The van der Waals surface area contributed by atoms with Crippen LogP contribution in [0.25, 0.3) is 0 Å². The summed E-state index contributed by atoms with van der Waals surface area (Å²) < 4.78 is 10.8. The largest absolute Gasteiger partial charge is 0.351 e. The van der Waals surface area contributed by atoms with Gasteiger partial charge < -0.3 is 15.2 Å². The third kappa shape index (κ3) is 2.56. The van der Waals surface area contributed by atoms with Crippen LogP contribution in [0.15, 0.2) is 0 Å². The second-order valence-electron chi connectivity index (χ2n) is 5.47. The highest BCUT2D eigenvalue weighted by Gasteiger charge is 2.50. The molecule has 0 saturated carbocycles. The van der Waals surface area contributed by atoms with E-state index in [1.165, 1.54) is 0 Å². The predicted octanol–water partition coefficient (Wildman–Crippen LogP) is 1.05. The fraction of sp³-hybridized carbons (Fsp3) is 1.00. The lowest BCUT2D eigenvalue weighted by Crippen LogP contribution is -2.71. The van der Waals surface area contributed by atoms with Crippen molar-refractivity contribution >= 4 is 0 Å². The van der Waals surface area contributed by atoms with Gasteiger partial charge in [-0.2, -0.15) is 0 Å². The van der Waals surface area contributed by atoms with Crippen molar-refractivity contribution in [3.63, 3.8) is 0 Å². The third-order valence-corrected chi connectivity index (χ3v) is 3.66. The van der Waals surface area contributed by atoms with E-state index < -0.39 is 5.79 Å². The molecule has 0 bridgehead atoms. The van der Waals surface area contributed by atoms with E-state index in [4.69, 9.17) is 15.2 Å². The first kappa shape index (κ1) is 13.9. The lowest BCUT2D eigenvalue weighted by molar-refractivity contribution is -0.291. The quantitative estimate of drug-likeness (QED) is 0.693. The van der Waals surface area contributed by atoms with Gasteiger partial charge in [-0.3, -0.25) is 4.90 Å². The summed E-state index contributed by atoms with van der Waals surface area (Å²) in [4.78, 5) is 2.36. The van der Waals surface area contributed by atoms with Gasteiger partial charge in [0.05, 0.1) is 13.1 Å². The lowest BCUT2D eigenvalue weighted by Gasteiger charge is -2.55. The molecule has 0 radical (unpaired) electrons. The molecular formula is C12H26N2O2. The average molecular weight is 230 g/mol.